The van der Waals surface area contributed by atoms with Crippen LogP contribution in [-0.2, 0) is 11.3 Å². The summed E-state index contributed by atoms with van der Waals surface area (Å²) in [5, 5.41) is 6.32. The number of amides is 1. The van der Waals surface area contributed by atoms with Crippen LogP contribution in [0.3, 0.4) is 0 Å². The second-order valence-electron chi connectivity index (χ2n) is 7.06. The standard InChI is InChI=1S/C22H29N3O3.2ClH/c1-2-14-27-19-6-8-20(9-7-19)28-22-18(4-3-12-24-22)16-25-21(26)10-5-17-11-13-23-15-17;;/h3-4,6-9,12,17,23H,2,5,10-11,13-16H2,1H3,(H,25,26);2*1H. The van der Waals surface area contributed by atoms with Gasteiger partial charge in [0.05, 0.1) is 6.61 Å². The summed E-state index contributed by atoms with van der Waals surface area (Å²) < 4.78 is 11.5. The molecule has 0 saturated carbocycles. The van der Waals surface area contributed by atoms with Crippen LogP contribution in [0.4, 0.5) is 0 Å². The molecule has 0 bridgehead atoms. The highest BCUT2D eigenvalue weighted by Crippen LogP contribution is 2.25. The minimum Gasteiger partial charge on any atom is -0.494 e. The summed E-state index contributed by atoms with van der Waals surface area (Å²) >= 11 is 0. The number of nitrogens with zero attached hydrogens (tertiary/aromatic N) is 1. The third-order valence-electron chi connectivity index (χ3n) is 4.78. The van der Waals surface area contributed by atoms with Crippen molar-refractivity contribution in [1.82, 2.24) is 15.6 Å². The molecule has 1 atom stereocenters. The first-order valence-corrected chi connectivity index (χ1v) is 10.1. The summed E-state index contributed by atoms with van der Waals surface area (Å²) in [4.78, 5) is 16.5. The monoisotopic (exact) mass is 455 g/mol. The normalized spacial score (nSPS) is 14.9. The molecule has 30 heavy (non-hydrogen) atoms. The first-order chi connectivity index (χ1) is 13.7. The lowest BCUT2D eigenvalue weighted by Gasteiger charge is -2.12. The van der Waals surface area contributed by atoms with Gasteiger partial charge in [-0.15, -0.1) is 24.8 Å². The highest BCUT2D eigenvalue weighted by atomic mass is 35.5. The van der Waals surface area contributed by atoms with Crippen molar-refractivity contribution in [3.8, 4) is 17.4 Å². The van der Waals surface area contributed by atoms with Gasteiger partial charge in [0, 0.05) is 24.7 Å². The van der Waals surface area contributed by atoms with Crippen molar-refractivity contribution >= 4 is 30.7 Å². The molecule has 0 spiro atoms. The molecular weight excluding hydrogens is 425 g/mol. The highest BCUT2D eigenvalue weighted by molar-refractivity contribution is 5.85. The maximum absolute atomic E-state index is 12.2. The number of nitrogens with one attached hydrogen (secondary N) is 2. The summed E-state index contributed by atoms with van der Waals surface area (Å²) in [7, 11) is 0. The van der Waals surface area contributed by atoms with Gasteiger partial charge in [-0.3, -0.25) is 4.79 Å². The van der Waals surface area contributed by atoms with Gasteiger partial charge in [0.1, 0.15) is 11.5 Å². The Morgan fingerprint density at radius 2 is 1.97 bits per heavy atom. The van der Waals surface area contributed by atoms with Crippen LogP contribution in [0.15, 0.2) is 42.6 Å². The Morgan fingerprint density at radius 1 is 1.20 bits per heavy atom. The molecule has 0 radical (unpaired) electrons. The number of benzene rings is 1. The number of aromatic nitrogens is 1. The van der Waals surface area contributed by atoms with E-state index in [0.717, 1.165) is 43.7 Å². The van der Waals surface area contributed by atoms with E-state index in [4.69, 9.17) is 9.47 Å². The first kappa shape index (κ1) is 26.0. The molecule has 1 aliphatic rings. The molecular formula is C22H31Cl2N3O3. The molecule has 3 rings (SSSR count). The molecule has 1 aliphatic heterocycles. The molecule has 0 aliphatic carbocycles. The maximum Gasteiger partial charge on any atom is 0.224 e. The summed E-state index contributed by atoms with van der Waals surface area (Å²) in [5.41, 5.74) is 0.852. The molecule has 1 amide bonds. The SMILES string of the molecule is CCCOc1ccc(Oc2ncccc2CNC(=O)CCC2CCNC2)cc1.Cl.Cl. The van der Waals surface area contributed by atoms with Crippen molar-refractivity contribution in [2.75, 3.05) is 19.7 Å². The van der Waals surface area contributed by atoms with Gasteiger partial charge in [-0.2, -0.15) is 0 Å². The van der Waals surface area contributed by atoms with Gasteiger partial charge in [0.25, 0.3) is 0 Å². The lowest BCUT2D eigenvalue weighted by molar-refractivity contribution is -0.121. The van der Waals surface area contributed by atoms with Gasteiger partial charge in [-0.25, -0.2) is 4.98 Å². The smallest absolute Gasteiger partial charge is 0.224 e. The molecule has 2 aromatic rings. The number of halogens is 2. The molecule has 8 heteroatoms. The number of carbonyl (C=O) groups excluding carboxylic acids is 1. The summed E-state index contributed by atoms with van der Waals surface area (Å²) in [6.45, 7) is 5.26. The Kier molecular flexibility index (Phi) is 12.2. The van der Waals surface area contributed by atoms with Gasteiger partial charge < -0.3 is 20.1 Å². The molecule has 1 aromatic carbocycles. The van der Waals surface area contributed by atoms with E-state index in [-0.39, 0.29) is 30.7 Å². The lowest BCUT2D eigenvalue weighted by Crippen LogP contribution is -2.23. The highest BCUT2D eigenvalue weighted by Gasteiger charge is 2.16. The van der Waals surface area contributed by atoms with Crippen molar-refractivity contribution in [3.05, 3.63) is 48.2 Å². The Labute approximate surface area is 191 Å². The van der Waals surface area contributed by atoms with E-state index in [0.29, 0.717) is 37.1 Å². The number of rotatable bonds is 10. The summed E-state index contributed by atoms with van der Waals surface area (Å²) in [6, 6.07) is 11.2. The van der Waals surface area contributed by atoms with Gasteiger partial charge in [0.2, 0.25) is 11.8 Å². The Hall–Kier alpha value is -2.02. The number of carbonyl (C=O) groups is 1. The van der Waals surface area contributed by atoms with Gasteiger partial charge in [0.15, 0.2) is 0 Å². The van der Waals surface area contributed by atoms with E-state index in [1.165, 1.54) is 0 Å². The minimum absolute atomic E-state index is 0. The van der Waals surface area contributed by atoms with E-state index in [2.05, 4.69) is 22.5 Å². The third-order valence-corrected chi connectivity index (χ3v) is 4.78. The van der Waals surface area contributed by atoms with Crippen LogP contribution >= 0.6 is 24.8 Å². The molecule has 1 unspecified atom stereocenters. The van der Waals surface area contributed by atoms with E-state index < -0.39 is 0 Å². The Bertz CT molecular complexity index is 754. The molecule has 2 N–H and O–H groups in total. The van der Waals surface area contributed by atoms with E-state index >= 15 is 0 Å². The molecule has 2 heterocycles. The van der Waals surface area contributed by atoms with Crippen molar-refractivity contribution in [1.29, 1.82) is 0 Å². The molecule has 166 valence electrons. The average Bonchev–Trinajstić information content (AvgIpc) is 3.25. The zero-order chi connectivity index (χ0) is 19.6. The summed E-state index contributed by atoms with van der Waals surface area (Å²) in [5.74, 6) is 2.69. The van der Waals surface area contributed by atoms with Gasteiger partial charge >= 0.3 is 0 Å². The fourth-order valence-corrected chi connectivity index (χ4v) is 3.16. The van der Waals surface area contributed by atoms with Crippen LogP contribution in [-0.4, -0.2) is 30.6 Å². The second kappa shape index (κ2) is 14.1. The Balaban J connectivity index is 0.00000225. The molecule has 1 aromatic heterocycles. The fourth-order valence-electron chi connectivity index (χ4n) is 3.16. The third kappa shape index (κ3) is 8.38. The van der Waals surface area contributed by atoms with Gasteiger partial charge in [-0.1, -0.05) is 13.0 Å². The van der Waals surface area contributed by atoms with Crippen LogP contribution in [0.25, 0.3) is 0 Å². The van der Waals surface area contributed by atoms with Crippen molar-refractivity contribution < 1.29 is 14.3 Å². The number of ether oxygens (including phenoxy) is 2. The Morgan fingerprint density at radius 3 is 2.67 bits per heavy atom. The largest absolute Gasteiger partial charge is 0.494 e. The van der Waals surface area contributed by atoms with Crippen LogP contribution < -0.4 is 20.1 Å². The zero-order valence-electron chi connectivity index (χ0n) is 17.3. The predicted octanol–water partition coefficient (Wildman–Crippen LogP) is 4.51. The number of hydrogen-bond donors (Lipinski definition) is 2. The fraction of sp³-hybridized carbons (Fsp3) is 0.455. The van der Waals surface area contributed by atoms with Crippen molar-refractivity contribution in [2.45, 2.75) is 39.2 Å². The van der Waals surface area contributed by atoms with Crippen molar-refractivity contribution in [2.24, 2.45) is 5.92 Å². The van der Waals surface area contributed by atoms with E-state index in [9.17, 15) is 4.79 Å². The van der Waals surface area contributed by atoms with Crippen LogP contribution in [0.1, 0.15) is 38.2 Å². The van der Waals surface area contributed by atoms with E-state index in [1.54, 1.807) is 6.20 Å². The second-order valence-corrected chi connectivity index (χ2v) is 7.06. The first-order valence-electron chi connectivity index (χ1n) is 10.1. The molecule has 1 saturated heterocycles. The average molecular weight is 456 g/mol. The number of hydrogen-bond acceptors (Lipinski definition) is 5. The quantitative estimate of drug-likeness (QED) is 0.551. The maximum atomic E-state index is 12.2. The van der Waals surface area contributed by atoms with E-state index in [1.807, 2.05) is 36.4 Å². The predicted molar refractivity (Wildman–Crippen MR) is 123 cm³/mol. The van der Waals surface area contributed by atoms with Crippen molar-refractivity contribution in [3.63, 3.8) is 0 Å². The van der Waals surface area contributed by atoms with Crippen LogP contribution in [0.5, 0.6) is 17.4 Å². The number of pyridine rings is 1. The van der Waals surface area contributed by atoms with Crippen LogP contribution in [0.2, 0.25) is 0 Å². The minimum atomic E-state index is 0. The molecule has 6 nitrogen and oxygen atoms in total. The van der Waals surface area contributed by atoms with Crippen LogP contribution in [0, 0.1) is 5.92 Å². The zero-order valence-corrected chi connectivity index (χ0v) is 18.9. The molecule has 1 fully saturated rings. The lowest BCUT2D eigenvalue weighted by atomic mass is 10.0. The summed E-state index contributed by atoms with van der Waals surface area (Å²) in [6.07, 6.45) is 5.31. The van der Waals surface area contributed by atoms with Gasteiger partial charge in [-0.05, 0) is 68.6 Å². The topological polar surface area (TPSA) is 72.5 Å².